The molecule has 3 aromatic heterocycles. The highest BCUT2D eigenvalue weighted by molar-refractivity contribution is 6.91. The molecule has 0 amide bonds. The summed E-state index contributed by atoms with van der Waals surface area (Å²) in [6.07, 6.45) is 9.84. The fourth-order valence-electron chi connectivity index (χ4n) is 15.0. The van der Waals surface area contributed by atoms with Gasteiger partial charge in [0, 0.05) is 57.3 Å². The number of hydrogen-bond acceptors (Lipinski definition) is 12. The molecule has 2 N–H and O–H groups in total. The van der Waals surface area contributed by atoms with Crippen LogP contribution >= 0.6 is 0 Å². The average Bonchev–Trinajstić information content (AvgIpc) is 1.65. The van der Waals surface area contributed by atoms with E-state index in [4.69, 9.17) is 46.6 Å². The summed E-state index contributed by atoms with van der Waals surface area (Å²) in [5.74, 6) is 24.1. The van der Waals surface area contributed by atoms with Crippen molar-refractivity contribution in [3.63, 3.8) is 0 Å². The first-order chi connectivity index (χ1) is 56.7. The van der Waals surface area contributed by atoms with Crippen LogP contribution in [0.4, 0.5) is 0 Å². The molecule has 0 radical (unpaired) electrons. The average molecular weight is 1760 g/mol. The van der Waals surface area contributed by atoms with E-state index in [9.17, 15) is 9.59 Å². The second-order valence-corrected chi connectivity index (χ2v) is 71.4. The van der Waals surface area contributed by atoms with Crippen molar-refractivity contribution in [2.24, 2.45) is 0 Å². The van der Waals surface area contributed by atoms with Crippen molar-refractivity contribution in [3.05, 3.63) is 129 Å². The van der Waals surface area contributed by atoms with E-state index in [2.05, 4.69) is 348 Å². The second kappa shape index (κ2) is 42.2. The minimum Gasteiger partial charge on any atom is -0.494 e. The van der Waals surface area contributed by atoms with Crippen LogP contribution < -0.4 is 9.47 Å². The Morgan fingerprint density at radius 1 is 0.369 bits per heavy atom. The van der Waals surface area contributed by atoms with Crippen molar-refractivity contribution >= 4 is 108 Å². The molecular weight excluding hydrogens is 1610 g/mol. The van der Waals surface area contributed by atoms with Gasteiger partial charge in [-0.15, -0.1) is 11.1 Å². The molecule has 2 aromatic carbocycles. The van der Waals surface area contributed by atoms with E-state index < -0.39 is 49.4 Å². The van der Waals surface area contributed by atoms with Crippen molar-refractivity contribution < 1.29 is 46.2 Å². The zero-order valence-electron chi connectivity index (χ0n) is 81.2. The highest BCUT2D eigenvalue weighted by Gasteiger charge is 2.45. The van der Waals surface area contributed by atoms with Crippen LogP contribution in [0.3, 0.4) is 0 Å². The van der Waals surface area contributed by atoms with Crippen LogP contribution in [-0.2, 0) is 36.8 Å². The molecule has 0 atom stereocenters. The lowest BCUT2D eigenvalue weighted by molar-refractivity contribution is -0.144. The molecule has 7 rings (SSSR count). The van der Waals surface area contributed by atoms with Crippen molar-refractivity contribution in [2.75, 3.05) is 52.9 Å². The van der Waals surface area contributed by atoms with Gasteiger partial charge in [-0.2, -0.15) is 0 Å². The topological polar surface area (TPSA) is 165 Å². The van der Waals surface area contributed by atoms with Gasteiger partial charge in [-0.3, -0.25) is 9.59 Å². The van der Waals surface area contributed by atoms with Gasteiger partial charge in [0.25, 0.3) is 0 Å². The molecule has 20 heteroatoms. The lowest BCUT2D eigenvalue weighted by Gasteiger charge is -2.38. The molecule has 0 unspecified atom stereocenters. The summed E-state index contributed by atoms with van der Waals surface area (Å²) in [7, 11) is -14.2. The summed E-state index contributed by atoms with van der Waals surface area (Å²) < 4.78 is 52.4. The van der Waals surface area contributed by atoms with Gasteiger partial charge in [-0.1, -0.05) is 226 Å². The standard InChI is InChI=1S/C102H150N4O10Si6/c1-35-109-95(107)39-37-63-111-83-47-41-77(42-48-83)97-91-57-53-87(103-91)85(51-45-79(67-113-117(27,28)99(15,16)17)81(69-115-119(31,32)101(21,22)23)61-65-121(71(3)4,72(5)6)73(7)8)89-55-59-93(105-89)98(78-43-49-84(50-44-78)112-64-38-40-96(108)110-36-2)94-60-56-90(106-94)86(88-54-58-92(97)104-88)52-46-80(68-114-118(29,30)100(18,19)20)82(70-116-120(33,34)102(24,25)26)62-66-122(74(9)10,75(11)12)76(13)14/h41-44,47-50,53-60,71-76,103,106H,35-40,63-64,67-70H2,1-34H3/b81-79+,82-80+,87-85?,88-86?,89-85?,90-86?,97-91?,97-92?,98-93?,98-94?. The number of nitrogens with one attached hydrogen (secondary N) is 2. The molecule has 0 saturated carbocycles. The van der Waals surface area contributed by atoms with Gasteiger partial charge in [0.15, 0.2) is 33.3 Å². The molecule has 122 heavy (non-hydrogen) atoms. The number of fused-ring (bicyclic) bond motifs is 8. The Kier molecular flexibility index (Phi) is 35.1. The lowest BCUT2D eigenvalue weighted by Crippen LogP contribution is -2.43. The molecule has 0 aliphatic carbocycles. The van der Waals surface area contributed by atoms with Crippen molar-refractivity contribution in [1.82, 2.24) is 19.9 Å². The first-order valence-corrected chi connectivity index (χ1v) is 60.8. The highest BCUT2D eigenvalue weighted by atomic mass is 28.4. The zero-order chi connectivity index (χ0) is 91.1. The van der Waals surface area contributed by atoms with Gasteiger partial charge in [-0.05, 0) is 216 Å². The van der Waals surface area contributed by atoms with E-state index in [0.717, 1.165) is 66.6 Å². The summed E-state index contributed by atoms with van der Waals surface area (Å²) >= 11 is 0. The highest BCUT2D eigenvalue weighted by Crippen LogP contribution is 2.46. The Hall–Kier alpha value is -7.56. The quantitative estimate of drug-likeness (QED) is 0.0178. The lowest BCUT2D eigenvalue weighted by atomic mass is 10.0. The van der Waals surface area contributed by atoms with Crippen LogP contribution in [0, 0.1) is 46.6 Å². The minimum atomic E-state index is -2.43. The molecule has 2 aliphatic heterocycles. The molecule has 0 saturated heterocycles. The van der Waals surface area contributed by atoms with Crippen molar-refractivity contribution in [1.29, 1.82) is 0 Å². The van der Waals surface area contributed by atoms with E-state index in [-0.39, 0.29) is 58.1 Å². The van der Waals surface area contributed by atoms with Crippen molar-refractivity contribution in [2.45, 2.75) is 311 Å². The predicted octanol–water partition coefficient (Wildman–Crippen LogP) is 27.3. The maximum absolute atomic E-state index is 12.4. The normalized spacial score (nSPS) is 13.6. The fraction of sp³-hybridized carbons (Fsp3) is 0.549. The molecule has 5 heterocycles. The second-order valence-electron chi connectivity index (χ2n) is 41.0. The van der Waals surface area contributed by atoms with Gasteiger partial charge < -0.3 is 46.6 Å². The zero-order valence-corrected chi connectivity index (χ0v) is 87.2. The van der Waals surface area contributed by atoms with Gasteiger partial charge in [0.05, 0.1) is 97.8 Å². The Morgan fingerprint density at radius 3 is 0.893 bits per heavy atom. The summed E-state index contributed by atoms with van der Waals surface area (Å²) in [5, 5.41) is -0.366. The van der Waals surface area contributed by atoms with E-state index in [1.165, 1.54) is 0 Å². The number of carbonyl (C=O) groups excluding carboxylic acids is 2. The maximum Gasteiger partial charge on any atom is 0.305 e. The number of nitrogens with zero attached hydrogens (tertiary/aromatic N) is 2. The summed E-state index contributed by atoms with van der Waals surface area (Å²) in [4.78, 5) is 44.2. The summed E-state index contributed by atoms with van der Waals surface area (Å²) in [5.41, 5.74) is 24.2. The smallest absolute Gasteiger partial charge is 0.305 e. The van der Waals surface area contributed by atoms with Crippen LogP contribution in [0.25, 0.3) is 68.6 Å². The van der Waals surface area contributed by atoms with Crippen LogP contribution in [0.15, 0.2) is 95.1 Å². The molecule has 14 nitrogen and oxygen atoms in total. The Bertz CT molecular complexity index is 4710. The minimum absolute atomic E-state index is 0.0778. The van der Waals surface area contributed by atoms with Crippen LogP contribution in [0.2, 0.25) is 106 Å². The first kappa shape index (κ1) is 102. The number of rotatable bonds is 32. The maximum atomic E-state index is 12.4. The summed E-state index contributed by atoms with van der Waals surface area (Å²) in [6.45, 7) is 80.1. The van der Waals surface area contributed by atoms with Crippen LogP contribution in [0.5, 0.6) is 11.5 Å². The van der Waals surface area contributed by atoms with E-state index in [1.54, 1.807) is 0 Å². The number of hydrogen-bond donors (Lipinski definition) is 2. The number of carbonyl (C=O) groups is 2. The number of esters is 2. The Labute approximate surface area is 742 Å². The molecule has 5 aromatic rings. The van der Waals surface area contributed by atoms with Crippen molar-refractivity contribution in [3.8, 4) is 80.4 Å². The number of ether oxygens (including phenoxy) is 4. The molecule has 8 bridgehead atoms. The monoisotopic (exact) mass is 1760 g/mol. The van der Waals surface area contributed by atoms with E-state index >= 15 is 0 Å². The number of benzene rings is 2. The number of aromatic nitrogens is 4. The van der Waals surface area contributed by atoms with Gasteiger partial charge in [0.1, 0.15) is 27.6 Å². The van der Waals surface area contributed by atoms with Gasteiger partial charge in [0.2, 0.25) is 0 Å². The molecule has 0 spiro atoms. The largest absolute Gasteiger partial charge is 0.494 e. The molecule has 662 valence electrons. The third kappa shape index (κ3) is 25.4. The predicted molar refractivity (Wildman–Crippen MR) is 531 cm³/mol. The van der Waals surface area contributed by atoms with Crippen LogP contribution in [0.1, 0.15) is 240 Å². The molecule has 2 aliphatic rings. The van der Waals surface area contributed by atoms with Crippen LogP contribution in [-0.4, -0.2) is 134 Å². The van der Waals surface area contributed by atoms with Gasteiger partial charge >= 0.3 is 11.9 Å². The third-order valence-corrected chi connectivity index (χ3v) is 57.3. The number of H-pyrrole nitrogens is 2. The van der Waals surface area contributed by atoms with Gasteiger partial charge in [-0.25, -0.2) is 9.97 Å². The molecule has 0 fully saturated rings. The first-order valence-electron chi connectivity index (χ1n) is 44.7. The number of aromatic amines is 2. The third-order valence-electron chi connectivity index (χ3n) is 26.8. The fourth-order valence-corrected chi connectivity index (χ4v) is 29.2. The molecular formula is C102H150N4O10Si6. The summed E-state index contributed by atoms with van der Waals surface area (Å²) in [6, 6.07) is 24.6. The van der Waals surface area contributed by atoms with E-state index in [0.29, 0.717) is 131 Å². The Balaban J connectivity index is 1.74. The SMILES string of the molecule is CCOC(=O)CCCOc1ccc(-c2c3nc(c(C#C/C(CO[Si](C)(C)C(C)(C)C)=C(/C#C[Si](C(C)C)(C(C)C)C(C)C)CO[Si](C)(C)C(C)(C)C)c4ccc([nH]4)c(-c4ccc(OCCCC(=O)OCC)cc4)c4nc(c(C#C/C(CO[Si](C)(C)C(C)(C)C)=C(/C#C[Si](C(C)C)(C(C)C)C(C)C)CO[Si](C)(C)C(C)(C)C)c5ccc2[nH]5)C=C4)C=C3)cc1. The Morgan fingerprint density at radius 2 is 0.631 bits per heavy atom. The van der Waals surface area contributed by atoms with E-state index in [1.807, 2.05) is 38.1 Å².